The van der Waals surface area contributed by atoms with Crippen LogP contribution < -0.4 is 5.73 Å². The van der Waals surface area contributed by atoms with E-state index in [-0.39, 0.29) is 0 Å². The Labute approximate surface area is 92.3 Å². The van der Waals surface area contributed by atoms with Gasteiger partial charge < -0.3 is 10.8 Å². The van der Waals surface area contributed by atoms with Crippen molar-refractivity contribution in [2.24, 2.45) is 5.73 Å². The highest BCUT2D eigenvalue weighted by Crippen LogP contribution is 2.08. The lowest BCUT2D eigenvalue weighted by Crippen LogP contribution is -2.37. The number of hydrogen-bond acceptors (Lipinski definition) is 3. The normalized spacial score (nSPS) is 12.1. The van der Waals surface area contributed by atoms with Gasteiger partial charge in [0.05, 0.1) is 10.6 Å². The van der Waals surface area contributed by atoms with Crippen molar-refractivity contribution in [3.63, 3.8) is 0 Å². The van der Waals surface area contributed by atoms with Crippen LogP contribution in [0.1, 0.15) is 33.6 Å². The molecule has 0 aromatic carbocycles. The van der Waals surface area contributed by atoms with Crippen LogP contribution >= 0.6 is 12.2 Å². The zero-order valence-corrected chi connectivity index (χ0v) is 10.2. The summed E-state index contributed by atoms with van der Waals surface area (Å²) in [6.07, 6.45) is 1.82. The van der Waals surface area contributed by atoms with E-state index in [1.807, 2.05) is 13.8 Å². The summed E-state index contributed by atoms with van der Waals surface area (Å²) >= 11 is 4.87. The molecule has 0 atom stereocenters. The summed E-state index contributed by atoms with van der Waals surface area (Å²) in [5.41, 5.74) is 4.88. The minimum Gasteiger partial charge on any atom is -0.392 e. The number of thiocarbonyl (C=S) groups is 1. The van der Waals surface area contributed by atoms with Crippen LogP contribution in [0.15, 0.2) is 0 Å². The van der Waals surface area contributed by atoms with E-state index in [2.05, 4.69) is 11.8 Å². The van der Waals surface area contributed by atoms with Crippen LogP contribution in [-0.2, 0) is 0 Å². The van der Waals surface area contributed by atoms with Gasteiger partial charge in [0.25, 0.3) is 0 Å². The summed E-state index contributed by atoms with van der Waals surface area (Å²) in [6.45, 7) is 8.23. The van der Waals surface area contributed by atoms with Gasteiger partial charge in [-0.1, -0.05) is 19.1 Å². The molecule has 0 aliphatic carbocycles. The van der Waals surface area contributed by atoms with Crippen LogP contribution in [0.25, 0.3) is 0 Å². The number of nitrogens with two attached hydrogens (primary N) is 1. The topological polar surface area (TPSA) is 49.5 Å². The SMILES string of the molecule is CCCN(CCC(C)(C)O)CC(N)=S. The molecule has 0 spiro atoms. The van der Waals surface area contributed by atoms with Crippen LogP contribution in [0.3, 0.4) is 0 Å². The van der Waals surface area contributed by atoms with Crippen LogP contribution in [0.4, 0.5) is 0 Å². The number of nitrogens with zero attached hydrogens (tertiary/aromatic N) is 1. The van der Waals surface area contributed by atoms with E-state index in [0.29, 0.717) is 11.5 Å². The Hall–Kier alpha value is -0.190. The molecule has 3 N–H and O–H groups in total. The van der Waals surface area contributed by atoms with Crippen molar-refractivity contribution >= 4 is 17.2 Å². The van der Waals surface area contributed by atoms with Crippen molar-refractivity contribution in [3.8, 4) is 0 Å². The summed E-state index contributed by atoms with van der Waals surface area (Å²) in [5.74, 6) is 0. The fourth-order valence-corrected chi connectivity index (χ4v) is 1.42. The van der Waals surface area contributed by atoms with Gasteiger partial charge in [-0.3, -0.25) is 4.90 Å². The van der Waals surface area contributed by atoms with Gasteiger partial charge in [-0.25, -0.2) is 0 Å². The summed E-state index contributed by atoms with van der Waals surface area (Å²) in [5, 5.41) is 9.58. The Morgan fingerprint density at radius 2 is 2.00 bits per heavy atom. The summed E-state index contributed by atoms with van der Waals surface area (Å²) in [6, 6.07) is 0. The maximum atomic E-state index is 9.58. The third-order valence-corrected chi connectivity index (χ3v) is 2.09. The first kappa shape index (κ1) is 13.8. The van der Waals surface area contributed by atoms with Crippen LogP contribution in [-0.4, -0.2) is 40.2 Å². The highest BCUT2D eigenvalue weighted by Gasteiger charge is 2.14. The second-order valence-corrected chi connectivity index (χ2v) is 4.83. The van der Waals surface area contributed by atoms with Crippen molar-refractivity contribution in [1.82, 2.24) is 4.90 Å². The second kappa shape index (κ2) is 6.32. The van der Waals surface area contributed by atoms with E-state index < -0.39 is 5.60 Å². The number of aliphatic hydroxyl groups is 1. The van der Waals surface area contributed by atoms with E-state index in [1.54, 1.807) is 0 Å². The Balaban J connectivity index is 3.90. The molecule has 0 fully saturated rings. The zero-order chi connectivity index (χ0) is 11.2. The molecule has 0 saturated heterocycles. The molecule has 4 heteroatoms. The standard InChI is InChI=1S/C10H22N2OS/c1-4-6-12(8-9(11)14)7-5-10(2,3)13/h13H,4-8H2,1-3H3,(H2,11,14). The lowest BCUT2D eigenvalue weighted by Gasteiger charge is -2.25. The lowest BCUT2D eigenvalue weighted by molar-refractivity contribution is 0.0596. The molecule has 0 bridgehead atoms. The molecule has 0 heterocycles. The highest BCUT2D eigenvalue weighted by molar-refractivity contribution is 7.80. The number of rotatable bonds is 7. The molecular weight excluding hydrogens is 196 g/mol. The van der Waals surface area contributed by atoms with Gasteiger partial charge in [-0.2, -0.15) is 0 Å². The van der Waals surface area contributed by atoms with E-state index in [0.717, 1.165) is 25.9 Å². The van der Waals surface area contributed by atoms with Crippen LogP contribution in [0, 0.1) is 0 Å². The molecule has 3 nitrogen and oxygen atoms in total. The Kier molecular flexibility index (Phi) is 6.24. The minimum absolute atomic E-state index is 0.522. The molecule has 0 unspecified atom stereocenters. The molecular formula is C10H22N2OS. The van der Waals surface area contributed by atoms with Gasteiger partial charge >= 0.3 is 0 Å². The fourth-order valence-electron chi connectivity index (χ4n) is 1.24. The molecule has 84 valence electrons. The molecule has 0 radical (unpaired) electrons. The zero-order valence-electron chi connectivity index (χ0n) is 9.42. The van der Waals surface area contributed by atoms with Crippen LogP contribution in [0.5, 0.6) is 0 Å². The smallest absolute Gasteiger partial charge is 0.0870 e. The Morgan fingerprint density at radius 1 is 1.43 bits per heavy atom. The third kappa shape index (κ3) is 8.41. The first-order valence-corrected chi connectivity index (χ1v) is 5.49. The molecule has 0 aliphatic heterocycles. The predicted octanol–water partition coefficient (Wildman–Crippen LogP) is 1.15. The predicted molar refractivity (Wildman–Crippen MR) is 64.4 cm³/mol. The van der Waals surface area contributed by atoms with Crippen molar-refractivity contribution in [2.45, 2.75) is 39.2 Å². The Morgan fingerprint density at radius 3 is 2.36 bits per heavy atom. The van der Waals surface area contributed by atoms with Gasteiger partial charge in [0.2, 0.25) is 0 Å². The van der Waals surface area contributed by atoms with E-state index in [4.69, 9.17) is 18.0 Å². The maximum Gasteiger partial charge on any atom is 0.0870 e. The molecule has 14 heavy (non-hydrogen) atoms. The largest absolute Gasteiger partial charge is 0.392 e. The monoisotopic (exact) mass is 218 g/mol. The average Bonchev–Trinajstić information content (AvgIpc) is 1.98. The quantitative estimate of drug-likeness (QED) is 0.629. The van der Waals surface area contributed by atoms with Crippen LogP contribution in [0.2, 0.25) is 0 Å². The lowest BCUT2D eigenvalue weighted by atomic mass is 10.1. The van der Waals surface area contributed by atoms with E-state index >= 15 is 0 Å². The molecule has 0 aromatic rings. The number of hydrogen-bond donors (Lipinski definition) is 2. The highest BCUT2D eigenvalue weighted by atomic mass is 32.1. The van der Waals surface area contributed by atoms with Gasteiger partial charge in [-0.15, -0.1) is 0 Å². The second-order valence-electron chi connectivity index (χ2n) is 4.30. The van der Waals surface area contributed by atoms with Crippen molar-refractivity contribution in [3.05, 3.63) is 0 Å². The molecule has 0 aliphatic rings. The maximum absolute atomic E-state index is 9.58. The van der Waals surface area contributed by atoms with E-state index in [9.17, 15) is 5.11 Å². The van der Waals surface area contributed by atoms with Crippen molar-refractivity contribution in [2.75, 3.05) is 19.6 Å². The first-order valence-electron chi connectivity index (χ1n) is 5.08. The molecule has 0 amide bonds. The molecule has 0 rings (SSSR count). The van der Waals surface area contributed by atoms with Crippen molar-refractivity contribution < 1.29 is 5.11 Å². The summed E-state index contributed by atoms with van der Waals surface area (Å²) < 4.78 is 0. The summed E-state index contributed by atoms with van der Waals surface area (Å²) in [7, 11) is 0. The van der Waals surface area contributed by atoms with Gasteiger partial charge in [0, 0.05) is 13.1 Å². The minimum atomic E-state index is -0.609. The molecule has 0 aromatic heterocycles. The fraction of sp³-hybridized carbons (Fsp3) is 0.900. The Bertz CT molecular complexity index is 177. The average molecular weight is 218 g/mol. The third-order valence-electron chi connectivity index (χ3n) is 1.96. The first-order chi connectivity index (χ1) is 6.35. The van der Waals surface area contributed by atoms with Gasteiger partial charge in [-0.05, 0) is 33.2 Å². The van der Waals surface area contributed by atoms with Crippen molar-refractivity contribution in [1.29, 1.82) is 0 Å². The van der Waals surface area contributed by atoms with Gasteiger partial charge in [0.15, 0.2) is 0 Å². The van der Waals surface area contributed by atoms with Gasteiger partial charge in [0.1, 0.15) is 0 Å². The summed E-state index contributed by atoms with van der Waals surface area (Å²) in [4.78, 5) is 2.70. The molecule has 0 saturated carbocycles. The van der Waals surface area contributed by atoms with E-state index in [1.165, 1.54) is 0 Å².